The Balaban J connectivity index is 2.10. The van der Waals surface area contributed by atoms with Gasteiger partial charge >= 0.3 is 0 Å². The van der Waals surface area contributed by atoms with E-state index < -0.39 is 0 Å². The lowest BCUT2D eigenvalue weighted by atomic mass is 10.2. The molecule has 3 aromatic heterocycles. The molecule has 0 unspecified atom stereocenters. The Bertz CT molecular complexity index is 1030. The molecule has 0 amide bonds. The first kappa shape index (κ1) is 12.1. The molecule has 3 heterocycles. The SMILES string of the molecule is O=c1[nH]c2cc(-c3ccncc3Cl)nn2c2ccccc12. The number of nitrogens with one attached hydrogen (secondary N) is 1. The average Bonchev–Trinajstić information content (AvgIpc) is 2.92. The number of aromatic amines is 1. The topological polar surface area (TPSA) is 63.0 Å². The summed E-state index contributed by atoms with van der Waals surface area (Å²) in [6, 6.07) is 10.9. The van der Waals surface area contributed by atoms with Crippen LogP contribution < -0.4 is 5.56 Å². The van der Waals surface area contributed by atoms with Gasteiger partial charge in [0.1, 0.15) is 5.65 Å². The molecule has 102 valence electrons. The first-order valence-corrected chi connectivity index (χ1v) is 6.72. The molecule has 0 bridgehead atoms. The van der Waals surface area contributed by atoms with Crippen molar-refractivity contribution in [2.45, 2.75) is 0 Å². The molecule has 0 aliphatic carbocycles. The van der Waals surface area contributed by atoms with E-state index >= 15 is 0 Å². The Morgan fingerprint density at radius 2 is 2.05 bits per heavy atom. The number of fused-ring (bicyclic) bond motifs is 3. The maximum atomic E-state index is 12.1. The molecule has 0 atom stereocenters. The van der Waals surface area contributed by atoms with E-state index in [9.17, 15) is 4.79 Å². The van der Waals surface area contributed by atoms with E-state index in [1.807, 2.05) is 18.2 Å². The van der Waals surface area contributed by atoms with Crippen LogP contribution in [0.2, 0.25) is 5.02 Å². The van der Waals surface area contributed by atoms with Gasteiger partial charge < -0.3 is 4.98 Å². The van der Waals surface area contributed by atoms with E-state index in [1.54, 1.807) is 35.1 Å². The third-order valence-electron chi connectivity index (χ3n) is 3.38. The molecule has 0 aliphatic heterocycles. The van der Waals surface area contributed by atoms with Crippen LogP contribution in [0.5, 0.6) is 0 Å². The van der Waals surface area contributed by atoms with Crippen LogP contribution in [0.3, 0.4) is 0 Å². The van der Waals surface area contributed by atoms with Gasteiger partial charge in [0.25, 0.3) is 5.56 Å². The minimum Gasteiger partial charge on any atom is -0.306 e. The number of para-hydroxylation sites is 1. The van der Waals surface area contributed by atoms with Crippen molar-refractivity contribution >= 4 is 28.2 Å². The molecule has 4 aromatic rings. The largest absolute Gasteiger partial charge is 0.306 e. The van der Waals surface area contributed by atoms with Crippen molar-refractivity contribution in [2.75, 3.05) is 0 Å². The summed E-state index contributed by atoms with van der Waals surface area (Å²) < 4.78 is 1.71. The summed E-state index contributed by atoms with van der Waals surface area (Å²) in [4.78, 5) is 18.9. The highest BCUT2D eigenvalue weighted by atomic mass is 35.5. The lowest BCUT2D eigenvalue weighted by molar-refractivity contribution is 0.981. The Labute approximate surface area is 123 Å². The molecule has 1 N–H and O–H groups in total. The third kappa shape index (κ3) is 1.82. The summed E-state index contributed by atoms with van der Waals surface area (Å²) in [7, 11) is 0. The second-order valence-electron chi connectivity index (χ2n) is 4.65. The van der Waals surface area contributed by atoms with Crippen molar-refractivity contribution in [1.29, 1.82) is 0 Å². The molecule has 1 aromatic carbocycles. The van der Waals surface area contributed by atoms with Crippen LogP contribution in [0, 0.1) is 0 Å². The smallest absolute Gasteiger partial charge is 0.259 e. The number of pyridine rings is 1. The molecular formula is C15H9ClN4O. The van der Waals surface area contributed by atoms with Gasteiger partial charge in [-0.2, -0.15) is 5.10 Å². The van der Waals surface area contributed by atoms with Gasteiger partial charge in [-0.25, -0.2) is 4.52 Å². The predicted octanol–water partition coefficient (Wildman–Crippen LogP) is 2.89. The molecule has 0 radical (unpaired) electrons. The molecule has 5 nitrogen and oxygen atoms in total. The van der Waals surface area contributed by atoms with Gasteiger partial charge in [0.15, 0.2) is 0 Å². The van der Waals surface area contributed by atoms with Crippen LogP contribution in [0.25, 0.3) is 27.8 Å². The lowest BCUT2D eigenvalue weighted by Gasteiger charge is -2.00. The number of benzene rings is 1. The quantitative estimate of drug-likeness (QED) is 0.587. The normalized spacial score (nSPS) is 11.3. The minimum atomic E-state index is -0.134. The van der Waals surface area contributed by atoms with Gasteiger partial charge in [0.05, 0.1) is 21.6 Å². The van der Waals surface area contributed by atoms with Gasteiger partial charge in [-0.05, 0) is 18.2 Å². The first-order valence-electron chi connectivity index (χ1n) is 6.35. The Hall–Kier alpha value is -2.66. The fourth-order valence-electron chi connectivity index (χ4n) is 2.40. The number of halogens is 1. The van der Waals surface area contributed by atoms with Crippen molar-refractivity contribution in [3.63, 3.8) is 0 Å². The minimum absolute atomic E-state index is 0.134. The zero-order valence-corrected chi connectivity index (χ0v) is 11.5. The fourth-order valence-corrected chi connectivity index (χ4v) is 2.62. The number of aromatic nitrogens is 4. The highest BCUT2D eigenvalue weighted by Gasteiger charge is 2.11. The monoisotopic (exact) mass is 296 g/mol. The second-order valence-corrected chi connectivity index (χ2v) is 5.06. The number of hydrogen-bond donors (Lipinski definition) is 1. The van der Waals surface area contributed by atoms with E-state index in [4.69, 9.17) is 11.6 Å². The highest BCUT2D eigenvalue weighted by Crippen LogP contribution is 2.26. The summed E-state index contributed by atoms with van der Waals surface area (Å²) in [5, 5.41) is 5.67. The lowest BCUT2D eigenvalue weighted by Crippen LogP contribution is -2.09. The molecule has 4 rings (SSSR count). The molecule has 21 heavy (non-hydrogen) atoms. The predicted molar refractivity (Wildman–Crippen MR) is 81.6 cm³/mol. The summed E-state index contributed by atoms with van der Waals surface area (Å²) in [6.07, 6.45) is 3.23. The molecule has 0 saturated heterocycles. The molecule has 0 fully saturated rings. The summed E-state index contributed by atoms with van der Waals surface area (Å²) >= 11 is 6.15. The Morgan fingerprint density at radius 3 is 2.90 bits per heavy atom. The zero-order valence-electron chi connectivity index (χ0n) is 10.7. The highest BCUT2D eigenvalue weighted by molar-refractivity contribution is 6.33. The van der Waals surface area contributed by atoms with E-state index in [2.05, 4.69) is 15.1 Å². The molecule has 6 heteroatoms. The number of hydrogen-bond acceptors (Lipinski definition) is 3. The van der Waals surface area contributed by atoms with Crippen molar-refractivity contribution in [3.8, 4) is 11.3 Å². The maximum Gasteiger partial charge on any atom is 0.259 e. The zero-order chi connectivity index (χ0) is 14.4. The first-order chi connectivity index (χ1) is 10.2. The van der Waals surface area contributed by atoms with Crippen LogP contribution >= 0.6 is 11.6 Å². The van der Waals surface area contributed by atoms with Crippen LogP contribution in [-0.2, 0) is 0 Å². The second kappa shape index (κ2) is 4.43. The van der Waals surface area contributed by atoms with Crippen LogP contribution in [0.4, 0.5) is 0 Å². The fraction of sp³-hybridized carbons (Fsp3) is 0. The van der Waals surface area contributed by atoms with Crippen molar-refractivity contribution in [3.05, 3.63) is 64.2 Å². The Morgan fingerprint density at radius 1 is 1.19 bits per heavy atom. The summed E-state index contributed by atoms with van der Waals surface area (Å²) in [5.41, 5.74) is 2.72. The number of rotatable bonds is 1. The van der Waals surface area contributed by atoms with E-state index in [1.165, 1.54) is 0 Å². The van der Waals surface area contributed by atoms with Crippen molar-refractivity contribution in [2.24, 2.45) is 0 Å². The summed E-state index contributed by atoms with van der Waals surface area (Å²) in [5.74, 6) is 0. The summed E-state index contributed by atoms with van der Waals surface area (Å²) in [6.45, 7) is 0. The Kier molecular flexibility index (Phi) is 2.55. The maximum absolute atomic E-state index is 12.1. The van der Waals surface area contributed by atoms with E-state index in [-0.39, 0.29) is 5.56 Å². The number of nitrogens with zero attached hydrogens (tertiary/aromatic N) is 3. The molecule has 0 saturated carbocycles. The number of H-pyrrole nitrogens is 1. The average molecular weight is 297 g/mol. The van der Waals surface area contributed by atoms with Gasteiger partial charge in [-0.15, -0.1) is 0 Å². The standard InChI is InChI=1S/C15H9ClN4O/c16-11-8-17-6-5-9(11)12-7-14-18-15(21)10-3-1-2-4-13(10)20(14)19-12/h1-8H,(H,18,21). The van der Waals surface area contributed by atoms with Crippen molar-refractivity contribution in [1.82, 2.24) is 19.6 Å². The van der Waals surface area contributed by atoms with Gasteiger partial charge in [0.2, 0.25) is 0 Å². The van der Waals surface area contributed by atoms with Crippen LogP contribution in [-0.4, -0.2) is 19.6 Å². The van der Waals surface area contributed by atoms with Crippen molar-refractivity contribution < 1.29 is 0 Å². The van der Waals surface area contributed by atoms with Gasteiger partial charge in [0, 0.05) is 24.0 Å². The van der Waals surface area contributed by atoms with E-state index in [0.717, 1.165) is 11.1 Å². The third-order valence-corrected chi connectivity index (χ3v) is 3.68. The van der Waals surface area contributed by atoms with Crippen LogP contribution in [0.1, 0.15) is 0 Å². The van der Waals surface area contributed by atoms with Crippen LogP contribution in [0.15, 0.2) is 53.6 Å². The molecular weight excluding hydrogens is 288 g/mol. The molecule has 0 aliphatic rings. The van der Waals surface area contributed by atoms with Gasteiger partial charge in [-0.1, -0.05) is 23.7 Å². The van der Waals surface area contributed by atoms with E-state index in [0.29, 0.717) is 21.7 Å². The molecule has 0 spiro atoms. The van der Waals surface area contributed by atoms with Gasteiger partial charge in [-0.3, -0.25) is 9.78 Å².